The molecule has 9 nitrogen and oxygen atoms in total. The molecule has 0 spiro atoms. The van der Waals surface area contributed by atoms with Gasteiger partial charge >= 0.3 is 5.69 Å². The average Bonchev–Trinajstić information content (AvgIpc) is 3.40. The van der Waals surface area contributed by atoms with Crippen molar-refractivity contribution in [2.75, 3.05) is 0 Å². The number of carbonyl (C=O) groups excluding carboxylic acids is 1. The quantitative estimate of drug-likeness (QED) is 0.526. The van der Waals surface area contributed by atoms with E-state index in [1.54, 1.807) is 23.6 Å². The number of hydrogen-bond donors (Lipinski definition) is 1. The molecule has 0 saturated heterocycles. The van der Waals surface area contributed by atoms with Crippen molar-refractivity contribution in [2.45, 2.75) is 39.4 Å². The maximum absolute atomic E-state index is 12.9. The van der Waals surface area contributed by atoms with E-state index in [0.29, 0.717) is 16.0 Å². The van der Waals surface area contributed by atoms with Crippen LogP contribution >= 0.6 is 11.3 Å². The molecule has 0 aliphatic rings. The molecule has 146 valence electrons. The van der Waals surface area contributed by atoms with Gasteiger partial charge in [-0.2, -0.15) is 0 Å². The Balaban J connectivity index is 1.86. The topological polar surface area (TPSA) is 104 Å². The van der Waals surface area contributed by atoms with Crippen molar-refractivity contribution < 1.29 is 9.21 Å². The third-order valence-corrected chi connectivity index (χ3v) is 5.49. The maximum Gasteiger partial charge on any atom is 0.352 e. The van der Waals surface area contributed by atoms with Crippen LogP contribution in [0.15, 0.2) is 43.8 Å². The van der Waals surface area contributed by atoms with Crippen molar-refractivity contribution >= 4 is 33.2 Å². The molecular formula is C18H19N5O4S. The van der Waals surface area contributed by atoms with Crippen molar-refractivity contribution in [1.82, 2.24) is 24.1 Å². The van der Waals surface area contributed by atoms with Gasteiger partial charge in [-0.05, 0) is 36.9 Å². The van der Waals surface area contributed by atoms with E-state index in [-0.39, 0.29) is 36.4 Å². The number of nitrogens with one attached hydrogen (secondary N) is 1. The lowest BCUT2D eigenvalue weighted by molar-refractivity contribution is -0.122. The number of amides is 1. The molecule has 0 saturated carbocycles. The molecular weight excluding hydrogens is 382 g/mol. The number of hydrogen-bond acceptors (Lipinski definition) is 6. The molecule has 1 amide bonds. The van der Waals surface area contributed by atoms with E-state index < -0.39 is 5.69 Å². The third-order valence-electron chi connectivity index (χ3n) is 4.60. The number of aromatic nitrogens is 4. The molecule has 0 radical (unpaired) electrons. The summed E-state index contributed by atoms with van der Waals surface area (Å²) in [7, 11) is 0. The minimum Gasteiger partial charge on any atom is -0.467 e. The Morgan fingerprint density at radius 2 is 2.18 bits per heavy atom. The Morgan fingerprint density at radius 3 is 2.89 bits per heavy atom. The van der Waals surface area contributed by atoms with Crippen LogP contribution in [-0.2, 0) is 17.9 Å². The van der Waals surface area contributed by atoms with E-state index >= 15 is 0 Å². The normalized spacial score (nSPS) is 12.6. The summed E-state index contributed by atoms with van der Waals surface area (Å²) < 4.78 is 9.64. The molecule has 4 aromatic rings. The van der Waals surface area contributed by atoms with E-state index in [0.717, 1.165) is 11.1 Å². The van der Waals surface area contributed by atoms with Crippen LogP contribution in [0.1, 0.15) is 26.0 Å². The van der Waals surface area contributed by atoms with Gasteiger partial charge in [-0.1, -0.05) is 6.92 Å². The van der Waals surface area contributed by atoms with Gasteiger partial charge in [-0.15, -0.1) is 16.4 Å². The fourth-order valence-corrected chi connectivity index (χ4v) is 3.82. The lowest BCUT2D eigenvalue weighted by atomic mass is 10.2. The maximum atomic E-state index is 12.9. The average molecular weight is 401 g/mol. The predicted octanol–water partition coefficient (Wildman–Crippen LogP) is 1.43. The van der Waals surface area contributed by atoms with Crippen LogP contribution in [0.4, 0.5) is 0 Å². The number of fused-ring (bicyclic) bond motifs is 3. The molecule has 4 heterocycles. The van der Waals surface area contributed by atoms with E-state index in [1.165, 1.54) is 26.6 Å². The summed E-state index contributed by atoms with van der Waals surface area (Å²) in [6.45, 7) is 3.77. The first-order chi connectivity index (χ1) is 13.5. The van der Waals surface area contributed by atoms with Gasteiger partial charge in [-0.3, -0.25) is 14.2 Å². The zero-order chi connectivity index (χ0) is 19.8. The van der Waals surface area contributed by atoms with Crippen LogP contribution < -0.4 is 16.6 Å². The highest BCUT2D eigenvalue weighted by atomic mass is 32.1. The summed E-state index contributed by atoms with van der Waals surface area (Å²) in [5.74, 6) is 0.436. The molecule has 4 rings (SSSR count). The van der Waals surface area contributed by atoms with E-state index in [4.69, 9.17) is 4.42 Å². The highest BCUT2D eigenvalue weighted by Crippen LogP contribution is 2.18. The van der Waals surface area contributed by atoms with Gasteiger partial charge in [0.05, 0.1) is 18.3 Å². The summed E-state index contributed by atoms with van der Waals surface area (Å²) in [5.41, 5.74) is -0.236. The van der Waals surface area contributed by atoms with Gasteiger partial charge in [-0.25, -0.2) is 13.9 Å². The van der Waals surface area contributed by atoms with Gasteiger partial charge in [0.2, 0.25) is 11.7 Å². The SMILES string of the molecule is CC[C@H](C)NC(=O)Cn1nc2n(Cc3ccco3)c(=O)c3sccc3n2c1=O. The third kappa shape index (κ3) is 3.05. The second kappa shape index (κ2) is 7.12. The van der Waals surface area contributed by atoms with Crippen LogP contribution in [0.25, 0.3) is 16.0 Å². The Morgan fingerprint density at radius 1 is 1.36 bits per heavy atom. The fraction of sp³-hybridized carbons (Fsp3) is 0.333. The molecule has 4 aromatic heterocycles. The van der Waals surface area contributed by atoms with Crippen LogP contribution in [0, 0.1) is 0 Å². The molecule has 0 aromatic carbocycles. The summed E-state index contributed by atoms with van der Waals surface area (Å²) in [4.78, 5) is 38.1. The summed E-state index contributed by atoms with van der Waals surface area (Å²) in [6, 6.07) is 5.18. The summed E-state index contributed by atoms with van der Waals surface area (Å²) in [5, 5.41) is 8.86. The lowest BCUT2D eigenvalue weighted by Gasteiger charge is -2.10. The molecule has 0 aliphatic carbocycles. The van der Waals surface area contributed by atoms with E-state index in [1.807, 2.05) is 13.8 Å². The van der Waals surface area contributed by atoms with E-state index in [2.05, 4.69) is 10.4 Å². The first-order valence-electron chi connectivity index (χ1n) is 8.91. The lowest BCUT2D eigenvalue weighted by Crippen LogP contribution is -2.37. The van der Waals surface area contributed by atoms with Crippen molar-refractivity contribution in [3.05, 3.63) is 56.4 Å². The second-order valence-corrected chi connectivity index (χ2v) is 7.47. The molecule has 0 fully saturated rings. The molecule has 0 unspecified atom stereocenters. The first kappa shape index (κ1) is 18.2. The van der Waals surface area contributed by atoms with Crippen LogP contribution in [0.2, 0.25) is 0 Å². The number of carbonyl (C=O) groups is 1. The van der Waals surface area contributed by atoms with Crippen molar-refractivity contribution in [2.24, 2.45) is 0 Å². The van der Waals surface area contributed by atoms with Gasteiger partial charge in [0.15, 0.2) is 0 Å². The molecule has 28 heavy (non-hydrogen) atoms. The second-order valence-electron chi connectivity index (χ2n) is 6.56. The van der Waals surface area contributed by atoms with Crippen molar-refractivity contribution in [3.8, 4) is 0 Å². The van der Waals surface area contributed by atoms with Crippen LogP contribution in [0.5, 0.6) is 0 Å². The Labute approximate surface area is 162 Å². The smallest absolute Gasteiger partial charge is 0.352 e. The zero-order valence-corrected chi connectivity index (χ0v) is 16.2. The molecule has 0 aliphatic heterocycles. The monoisotopic (exact) mass is 401 g/mol. The van der Waals surface area contributed by atoms with Gasteiger partial charge in [0, 0.05) is 6.04 Å². The Kier molecular flexibility index (Phi) is 4.63. The summed E-state index contributed by atoms with van der Waals surface area (Å²) >= 11 is 1.26. The number of rotatable bonds is 6. The molecule has 0 bridgehead atoms. The minimum atomic E-state index is -0.467. The van der Waals surface area contributed by atoms with Gasteiger partial charge < -0.3 is 9.73 Å². The molecule has 1 atom stereocenters. The number of furan rings is 1. The molecule has 10 heteroatoms. The molecule has 1 N–H and O–H groups in total. The number of thiophene rings is 1. The van der Waals surface area contributed by atoms with Crippen LogP contribution in [0.3, 0.4) is 0 Å². The van der Waals surface area contributed by atoms with E-state index in [9.17, 15) is 14.4 Å². The first-order valence-corrected chi connectivity index (χ1v) is 9.79. The van der Waals surface area contributed by atoms with Gasteiger partial charge in [0.25, 0.3) is 5.56 Å². The number of nitrogens with zero attached hydrogens (tertiary/aromatic N) is 4. The zero-order valence-electron chi connectivity index (χ0n) is 15.4. The predicted molar refractivity (Wildman–Crippen MR) is 105 cm³/mol. The van der Waals surface area contributed by atoms with Crippen molar-refractivity contribution in [3.63, 3.8) is 0 Å². The Bertz CT molecular complexity index is 1260. The van der Waals surface area contributed by atoms with Crippen LogP contribution in [-0.4, -0.2) is 30.7 Å². The highest BCUT2D eigenvalue weighted by Gasteiger charge is 2.20. The Hall–Kier alpha value is -3.14. The van der Waals surface area contributed by atoms with Crippen molar-refractivity contribution in [1.29, 1.82) is 0 Å². The summed E-state index contributed by atoms with van der Waals surface area (Å²) in [6.07, 6.45) is 2.30. The highest BCUT2D eigenvalue weighted by molar-refractivity contribution is 7.17. The van der Waals surface area contributed by atoms with Gasteiger partial charge in [0.1, 0.15) is 17.0 Å². The standard InChI is InChI=1S/C18H19N5O4S/c1-3-11(2)19-14(24)10-22-18(26)23-13-6-8-28-15(13)16(25)21(17(23)20-22)9-12-5-4-7-27-12/h4-8,11H,3,9-10H2,1-2H3,(H,19,24)/t11-/m0/s1. The largest absolute Gasteiger partial charge is 0.467 e. The fourth-order valence-electron chi connectivity index (χ4n) is 3.00. The minimum absolute atomic E-state index is 0.000877.